The topological polar surface area (TPSA) is 63.7 Å². The summed E-state index contributed by atoms with van der Waals surface area (Å²) in [5, 5.41) is 0.514. The highest BCUT2D eigenvalue weighted by molar-refractivity contribution is 7.69. The van der Waals surface area contributed by atoms with Gasteiger partial charge >= 0.3 is 0 Å². The van der Waals surface area contributed by atoms with Crippen molar-refractivity contribution in [2.24, 2.45) is 0 Å². The summed E-state index contributed by atoms with van der Waals surface area (Å²) < 4.78 is 19.6. The van der Waals surface area contributed by atoms with Gasteiger partial charge in [-0.2, -0.15) is 0 Å². The fourth-order valence-corrected chi connectivity index (χ4v) is 5.87. The Kier molecular flexibility index (Phi) is 2.97. The molecule has 0 saturated carbocycles. The van der Waals surface area contributed by atoms with Gasteiger partial charge in [0.05, 0.1) is 5.30 Å². The second-order valence-electron chi connectivity index (χ2n) is 5.71. The molecule has 0 aromatic heterocycles. The van der Waals surface area contributed by atoms with E-state index in [2.05, 4.69) is 0 Å². The van der Waals surface area contributed by atoms with E-state index in [9.17, 15) is 14.2 Å². The minimum Gasteiger partial charge on any atom is -0.439 e. The molecule has 2 aromatic rings. The maximum absolute atomic E-state index is 13.7. The summed E-state index contributed by atoms with van der Waals surface area (Å²) in [6, 6.07) is 14.5. The molecule has 2 unspecified atom stereocenters. The zero-order chi connectivity index (χ0) is 16.2. The van der Waals surface area contributed by atoms with E-state index in [0.29, 0.717) is 11.1 Å². The van der Waals surface area contributed by atoms with Gasteiger partial charge in [-0.3, -0.25) is 19.1 Å². The number of benzene rings is 2. The van der Waals surface area contributed by atoms with Crippen molar-refractivity contribution in [3.05, 3.63) is 48.5 Å². The molecule has 0 N–H and O–H groups in total. The minimum absolute atomic E-state index is 0.0802. The number of rotatable bonds is 1. The predicted molar refractivity (Wildman–Crippen MR) is 85.9 cm³/mol. The van der Waals surface area contributed by atoms with Gasteiger partial charge < -0.3 is 4.52 Å². The first-order valence-corrected chi connectivity index (χ1v) is 9.00. The number of hydrogen-bond acceptors (Lipinski definition) is 4. The molecule has 5 nitrogen and oxygen atoms in total. The lowest BCUT2D eigenvalue weighted by atomic mass is 10.0. The number of fused-ring (bicyclic) bond motifs is 3. The average Bonchev–Trinajstić information content (AvgIpc) is 2.83. The maximum atomic E-state index is 13.7. The van der Waals surface area contributed by atoms with Crippen molar-refractivity contribution >= 4 is 24.5 Å². The van der Waals surface area contributed by atoms with E-state index in [-0.39, 0.29) is 12.3 Å². The largest absolute Gasteiger partial charge is 0.439 e. The summed E-state index contributed by atoms with van der Waals surface area (Å²) in [4.78, 5) is 25.3. The Labute approximate surface area is 133 Å². The number of imide groups is 1. The summed E-state index contributed by atoms with van der Waals surface area (Å²) in [5.74, 6) is -0.271. The SMILES string of the molecule is CN1C(=O)CC(P2(=O)Oc3ccccc3-c3ccccc32)C1=O. The Balaban J connectivity index is 1.93. The Bertz CT molecular complexity index is 892. The van der Waals surface area contributed by atoms with Crippen LogP contribution in [0.25, 0.3) is 11.1 Å². The second kappa shape index (κ2) is 4.80. The third-order valence-corrected chi connectivity index (χ3v) is 7.17. The highest BCUT2D eigenvalue weighted by atomic mass is 31.2. The van der Waals surface area contributed by atoms with E-state index in [1.54, 1.807) is 24.3 Å². The smallest absolute Gasteiger partial charge is 0.290 e. The number of amides is 2. The van der Waals surface area contributed by atoms with Crippen LogP contribution in [0.2, 0.25) is 0 Å². The minimum atomic E-state index is -3.53. The van der Waals surface area contributed by atoms with Crippen molar-refractivity contribution in [3.63, 3.8) is 0 Å². The molecule has 0 radical (unpaired) electrons. The molecule has 4 rings (SSSR count). The molecule has 2 heterocycles. The third-order valence-electron chi connectivity index (χ3n) is 4.42. The van der Waals surface area contributed by atoms with Gasteiger partial charge in [0.1, 0.15) is 11.4 Å². The highest BCUT2D eigenvalue weighted by Crippen LogP contribution is 2.59. The summed E-state index contributed by atoms with van der Waals surface area (Å²) in [6.07, 6.45) is -0.0802. The van der Waals surface area contributed by atoms with Gasteiger partial charge in [-0.1, -0.05) is 36.4 Å². The van der Waals surface area contributed by atoms with Crippen LogP contribution in [0, 0.1) is 0 Å². The zero-order valence-corrected chi connectivity index (χ0v) is 13.3. The van der Waals surface area contributed by atoms with Crippen LogP contribution in [0.5, 0.6) is 5.75 Å². The Hall–Kier alpha value is -2.39. The molecule has 0 spiro atoms. The quantitative estimate of drug-likeness (QED) is 0.596. The van der Waals surface area contributed by atoms with Crippen molar-refractivity contribution in [3.8, 4) is 16.9 Å². The lowest BCUT2D eigenvalue weighted by molar-refractivity contribution is -0.136. The van der Waals surface area contributed by atoms with Crippen molar-refractivity contribution in [1.82, 2.24) is 4.90 Å². The Morgan fingerprint density at radius 3 is 2.39 bits per heavy atom. The fraction of sp³-hybridized carbons (Fsp3) is 0.176. The van der Waals surface area contributed by atoms with E-state index in [4.69, 9.17) is 4.52 Å². The fourth-order valence-electron chi connectivity index (χ4n) is 3.17. The van der Waals surface area contributed by atoms with E-state index < -0.39 is 18.9 Å². The molecule has 2 amide bonds. The molecule has 0 aliphatic carbocycles. The lowest BCUT2D eigenvalue weighted by Crippen LogP contribution is -2.32. The lowest BCUT2D eigenvalue weighted by Gasteiger charge is -2.31. The number of likely N-dealkylation sites (tertiary alicyclic amines) is 1. The van der Waals surface area contributed by atoms with E-state index in [0.717, 1.165) is 16.0 Å². The van der Waals surface area contributed by atoms with Crippen molar-refractivity contribution in [1.29, 1.82) is 0 Å². The monoisotopic (exact) mass is 327 g/mol. The van der Waals surface area contributed by atoms with Crippen LogP contribution in [-0.2, 0) is 14.2 Å². The molecule has 116 valence electrons. The van der Waals surface area contributed by atoms with Crippen LogP contribution < -0.4 is 9.83 Å². The number of hydrogen-bond donors (Lipinski definition) is 0. The number of para-hydroxylation sites is 1. The van der Waals surface area contributed by atoms with Crippen LogP contribution in [0.1, 0.15) is 6.42 Å². The molecule has 1 fully saturated rings. The number of carbonyl (C=O) groups excluding carboxylic acids is 2. The van der Waals surface area contributed by atoms with Crippen LogP contribution in [0.3, 0.4) is 0 Å². The summed E-state index contributed by atoms with van der Waals surface area (Å²) in [6.45, 7) is 0. The van der Waals surface area contributed by atoms with Crippen LogP contribution in [0.15, 0.2) is 48.5 Å². The van der Waals surface area contributed by atoms with Gasteiger partial charge in [0.25, 0.3) is 7.37 Å². The van der Waals surface area contributed by atoms with Gasteiger partial charge in [0.2, 0.25) is 11.8 Å². The van der Waals surface area contributed by atoms with Crippen molar-refractivity contribution < 1.29 is 18.7 Å². The molecule has 6 heteroatoms. The first-order valence-electron chi connectivity index (χ1n) is 7.31. The highest BCUT2D eigenvalue weighted by Gasteiger charge is 2.52. The van der Waals surface area contributed by atoms with Crippen LogP contribution in [-0.4, -0.2) is 29.4 Å². The van der Waals surface area contributed by atoms with Gasteiger partial charge in [-0.05, 0) is 17.7 Å². The van der Waals surface area contributed by atoms with E-state index in [1.807, 2.05) is 24.3 Å². The maximum Gasteiger partial charge on any atom is 0.290 e. The van der Waals surface area contributed by atoms with Crippen molar-refractivity contribution in [2.45, 2.75) is 12.1 Å². The van der Waals surface area contributed by atoms with Gasteiger partial charge in [0, 0.05) is 19.0 Å². The van der Waals surface area contributed by atoms with Gasteiger partial charge in [-0.25, -0.2) is 0 Å². The molecule has 1 saturated heterocycles. The Morgan fingerprint density at radius 2 is 1.70 bits per heavy atom. The normalized spacial score (nSPS) is 25.8. The zero-order valence-electron chi connectivity index (χ0n) is 12.4. The summed E-state index contributed by atoms with van der Waals surface area (Å²) >= 11 is 0. The summed E-state index contributed by atoms with van der Waals surface area (Å²) in [5.41, 5.74) is 0.696. The standard InChI is InChI=1S/C17H14NO4P/c1-18-16(19)10-15(17(18)20)23(21)14-9-5-3-7-12(14)11-6-2-4-8-13(11)22-23/h2-9,15H,10H2,1H3. The van der Waals surface area contributed by atoms with E-state index in [1.165, 1.54) is 7.05 Å². The van der Waals surface area contributed by atoms with E-state index >= 15 is 0 Å². The molecular weight excluding hydrogens is 313 g/mol. The molecule has 2 aliphatic heterocycles. The second-order valence-corrected chi connectivity index (χ2v) is 8.19. The van der Waals surface area contributed by atoms with Crippen LogP contribution >= 0.6 is 7.37 Å². The van der Waals surface area contributed by atoms with Gasteiger partial charge in [0.15, 0.2) is 0 Å². The first-order chi connectivity index (χ1) is 11.0. The number of nitrogens with zero attached hydrogens (tertiary/aromatic N) is 1. The number of carbonyl (C=O) groups is 2. The predicted octanol–water partition coefficient (Wildman–Crippen LogP) is 2.41. The Morgan fingerprint density at radius 1 is 1.04 bits per heavy atom. The molecule has 23 heavy (non-hydrogen) atoms. The first kappa shape index (κ1) is 14.2. The molecule has 0 bridgehead atoms. The average molecular weight is 327 g/mol. The molecule has 2 atom stereocenters. The summed E-state index contributed by atoms with van der Waals surface area (Å²) in [7, 11) is -2.11. The van der Waals surface area contributed by atoms with Gasteiger partial charge in [-0.15, -0.1) is 0 Å². The molecular formula is C17H14NO4P. The van der Waals surface area contributed by atoms with Crippen molar-refractivity contribution in [2.75, 3.05) is 7.05 Å². The third kappa shape index (κ3) is 1.90. The molecule has 2 aliphatic rings. The van der Waals surface area contributed by atoms with Crippen LogP contribution in [0.4, 0.5) is 0 Å². The molecule has 2 aromatic carbocycles.